The van der Waals surface area contributed by atoms with Crippen LogP contribution in [0.5, 0.6) is 0 Å². The van der Waals surface area contributed by atoms with Gasteiger partial charge in [0.05, 0.1) is 6.16 Å². The number of hydrogen-bond donors (Lipinski definition) is 2. The van der Waals surface area contributed by atoms with Crippen LogP contribution < -0.4 is 0 Å². The molecule has 7 nitrogen and oxygen atoms in total. The van der Waals surface area contributed by atoms with Crippen LogP contribution >= 0.6 is 7.60 Å². The van der Waals surface area contributed by atoms with Crippen LogP contribution in [-0.4, -0.2) is 51.6 Å². The van der Waals surface area contributed by atoms with Crippen molar-refractivity contribution in [2.75, 3.05) is 12.7 Å². The number of rotatable bonds is 9. The summed E-state index contributed by atoms with van der Waals surface area (Å²) < 4.78 is 17.3. The number of carbonyl (C=O) groups excluding carboxylic acids is 1. The van der Waals surface area contributed by atoms with E-state index in [9.17, 15) is 19.0 Å². The second kappa shape index (κ2) is 9.31. The number of hydrogen-bond acceptors (Lipinski definition) is 4. The van der Waals surface area contributed by atoms with E-state index >= 15 is 0 Å². The van der Waals surface area contributed by atoms with Crippen LogP contribution in [0.15, 0.2) is 30.3 Å². The van der Waals surface area contributed by atoms with Gasteiger partial charge in [0.25, 0.3) is 5.91 Å². The molecule has 8 heteroatoms. The van der Waals surface area contributed by atoms with Crippen LogP contribution in [0.1, 0.15) is 38.2 Å². The zero-order chi connectivity index (χ0) is 19.2. The standard InChI is InChI=1S/C18H26NO6P/c1-14(17(20)19-12-7-11-16(19)18(21)22)25-26(23,24)13-6-5-10-15-8-3-2-4-9-15/h2-4,8-9,14,16H,5-7,10-13H2,1H3,(H,21,22)(H,23,24)/t14?,16-/m0/s1. The first-order chi connectivity index (χ1) is 12.3. The number of aliphatic carboxylic acids is 1. The van der Waals surface area contributed by atoms with Gasteiger partial charge < -0.3 is 14.9 Å². The van der Waals surface area contributed by atoms with E-state index in [0.29, 0.717) is 25.8 Å². The number of carbonyl (C=O) groups is 2. The summed E-state index contributed by atoms with van der Waals surface area (Å²) in [4.78, 5) is 34.8. The van der Waals surface area contributed by atoms with Gasteiger partial charge in [0.15, 0.2) is 0 Å². The molecule has 1 aliphatic heterocycles. The van der Waals surface area contributed by atoms with Gasteiger partial charge in [-0.2, -0.15) is 0 Å². The third-order valence-corrected chi connectivity index (χ3v) is 6.02. The summed E-state index contributed by atoms with van der Waals surface area (Å²) in [6.45, 7) is 1.72. The topological polar surface area (TPSA) is 104 Å². The normalized spacial score (nSPS) is 20.5. The molecule has 0 saturated carbocycles. The van der Waals surface area contributed by atoms with E-state index in [1.165, 1.54) is 17.4 Å². The Balaban J connectivity index is 1.79. The Morgan fingerprint density at radius 2 is 2.00 bits per heavy atom. The number of carboxylic acids is 1. The Labute approximate surface area is 153 Å². The number of benzene rings is 1. The smallest absolute Gasteiger partial charge is 0.328 e. The fraction of sp³-hybridized carbons (Fsp3) is 0.556. The van der Waals surface area contributed by atoms with E-state index in [2.05, 4.69) is 0 Å². The molecule has 1 fully saturated rings. The van der Waals surface area contributed by atoms with Gasteiger partial charge in [-0.3, -0.25) is 13.9 Å². The molecule has 2 N–H and O–H groups in total. The highest BCUT2D eigenvalue weighted by Crippen LogP contribution is 2.44. The van der Waals surface area contributed by atoms with Gasteiger partial charge >= 0.3 is 13.6 Å². The summed E-state index contributed by atoms with van der Waals surface area (Å²) in [6, 6.07) is 8.97. The molecule has 1 saturated heterocycles. The molecule has 2 rings (SSSR count). The van der Waals surface area contributed by atoms with Crippen LogP contribution in [0.4, 0.5) is 0 Å². The Hall–Kier alpha value is -1.69. The summed E-state index contributed by atoms with van der Waals surface area (Å²) in [6.07, 6.45) is 1.89. The second-order valence-corrected chi connectivity index (χ2v) is 8.51. The molecule has 3 atom stereocenters. The lowest BCUT2D eigenvalue weighted by Gasteiger charge is -2.26. The Kier molecular flexibility index (Phi) is 7.38. The molecule has 1 aliphatic rings. The van der Waals surface area contributed by atoms with Crippen LogP contribution in [0.3, 0.4) is 0 Å². The van der Waals surface area contributed by atoms with E-state index < -0.39 is 31.6 Å². The van der Waals surface area contributed by atoms with Crippen LogP contribution in [0.25, 0.3) is 0 Å². The molecule has 26 heavy (non-hydrogen) atoms. The third-order valence-electron chi connectivity index (χ3n) is 4.49. The van der Waals surface area contributed by atoms with Crippen LogP contribution in [0, 0.1) is 0 Å². The van der Waals surface area contributed by atoms with E-state index in [1.807, 2.05) is 30.3 Å². The van der Waals surface area contributed by atoms with Gasteiger partial charge in [0.2, 0.25) is 0 Å². The monoisotopic (exact) mass is 383 g/mol. The molecular weight excluding hydrogens is 357 g/mol. The minimum atomic E-state index is -3.90. The maximum atomic E-state index is 12.4. The largest absolute Gasteiger partial charge is 0.480 e. The number of carboxylic acid groups (broad SMARTS) is 1. The molecule has 0 aliphatic carbocycles. The highest BCUT2D eigenvalue weighted by Gasteiger charge is 2.38. The van der Waals surface area contributed by atoms with Gasteiger partial charge in [-0.1, -0.05) is 30.3 Å². The SMILES string of the molecule is CC(OP(=O)(O)CCCCc1ccccc1)C(=O)N1CCC[C@H]1C(=O)O. The maximum absolute atomic E-state index is 12.4. The summed E-state index contributed by atoms with van der Waals surface area (Å²) in [5.41, 5.74) is 1.17. The number of nitrogens with zero attached hydrogens (tertiary/aromatic N) is 1. The Morgan fingerprint density at radius 3 is 2.65 bits per heavy atom. The lowest BCUT2D eigenvalue weighted by molar-refractivity contribution is -0.151. The molecule has 0 bridgehead atoms. The molecule has 1 heterocycles. The van der Waals surface area contributed by atoms with Gasteiger partial charge in [0.1, 0.15) is 12.1 Å². The van der Waals surface area contributed by atoms with Crippen molar-refractivity contribution in [3.8, 4) is 0 Å². The first-order valence-electron chi connectivity index (χ1n) is 8.87. The molecule has 1 aromatic carbocycles. The first-order valence-corrected chi connectivity index (χ1v) is 10.6. The van der Waals surface area contributed by atoms with E-state index in [4.69, 9.17) is 9.63 Å². The van der Waals surface area contributed by atoms with Gasteiger partial charge in [0, 0.05) is 6.54 Å². The number of likely N-dealkylation sites (tertiary alicyclic amines) is 1. The van der Waals surface area contributed by atoms with Crippen molar-refractivity contribution in [3.05, 3.63) is 35.9 Å². The van der Waals surface area contributed by atoms with E-state index in [-0.39, 0.29) is 6.16 Å². The highest BCUT2D eigenvalue weighted by molar-refractivity contribution is 7.52. The average Bonchev–Trinajstić information content (AvgIpc) is 3.08. The van der Waals surface area contributed by atoms with Crippen molar-refractivity contribution >= 4 is 19.5 Å². The summed E-state index contributed by atoms with van der Waals surface area (Å²) in [7, 11) is -3.90. The Bertz CT molecular complexity index is 665. The lowest BCUT2D eigenvalue weighted by Crippen LogP contribution is -2.45. The molecule has 0 spiro atoms. The first kappa shape index (κ1) is 20.6. The van der Waals surface area contributed by atoms with Crippen molar-refractivity contribution in [3.63, 3.8) is 0 Å². The molecule has 0 radical (unpaired) electrons. The minimum absolute atomic E-state index is 0.0280. The molecule has 2 unspecified atom stereocenters. The van der Waals surface area contributed by atoms with E-state index in [1.54, 1.807) is 0 Å². The summed E-state index contributed by atoms with van der Waals surface area (Å²) in [5, 5.41) is 9.15. The van der Waals surface area contributed by atoms with Crippen LogP contribution in [-0.2, 0) is 25.1 Å². The number of unbranched alkanes of at least 4 members (excludes halogenated alkanes) is 1. The maximum Gasteiger partial charge on any atom is 0.328 e. The Morgan fingerprint density at radius 1 is 1.31 bits per heavy atom. The molecule has 1 amide bonds. The second-order valence-electron chi connectivity index (χ2n) is 6.58. The van der Waals surface area contributed by atoms with Crippen molar-refractivity contribution in [1.29, 1.82) is 0 Å². The van der Waals surface area contributed by atoms with Crippen molar-refractivity contribution in [2.45, 2.75) is 51.2 Å². The fourth-order valence-electron chi connectivity index (χ4n) is 3.15. The quantitative estimate of drug-likeness (QED) is 0.502. The van der Waals surface area contributed by atoms with Crippen molar-refractivity contribution in [2.24, 2.45) is 0 Å². The number of aryl methyl sites for hydroxylation is 1. The predicted molar refractivity (Wildman–Crippen MR) is 97.0 cm³/mol. The highest BCUT2D eigenvalue weighted by atomic mass is 31.2. The number of amides is 1. The summed E-state index contributed by atoms with van der Waals surface area (Å²) >= 11 is 0. The van der Waals surface area contributed by atoms with Crippen molar-refractivity contribution in [1.82, 2.24) is 4.90 Å². The van der Waals surface area contributed by atoms with Gasteiger partial charge in [-0.25, -0.2) is 4.79 Å². The van der Waals surface area contributed by atoms with Crippen molar-refractivity contribution < 1.29 is 28.7 Å². The van der Waals surface area contributed by atoms with Gasteiger partial charge in [-0.05, 0) is 44.6 Å². The lowest BCUT2D eigenvalue weighted by atomic mass is 10.1. The summed E-state index contributed by atoms with van der Waals surface area (Å²) in [5.74, 6) is -1.61. The molecule has 144 valence electrons. The molecule has 1 aromatic rings. The molecule has 0 aromatic heterocycles. The fourth-order valence-corrected chi connectivity index (χ4v) is 4.46. The van der Waals surface area contributed by atoms with Gasteiger partial charge in [-0.15, -0.1) is 0 Å². The third kappa shape index (κ3) is 5.94. The van der Waals surface area contributed by atoms with Crippen LogP contribution in [0.2, 0.25) is 0 Å². The minimum Gasteiger partial charge on any atom is -0.480 e. The predicted octanol–water partition coefficient (Wildman–Crippen LogP) is 2.68. The average molecular weight is 383 g/mol. The van der Waals surface area contributed by atoms with E-state index in [0.717, 1.165) is 12.8 Å². The zero-order valence-corrected chi connectivity index (χ0v) is 15.8. The molecular formula is C18H26NO6P. The zero-order valence-electron chi connectivity index (χ0n) is 14.9.